The average molecular weight is 826 g/mol. The molecule has 2 aliphatic rings. The third-order valence-electron chi connectivity index (χ3n) is 11.2. The van der Waals surface area contributed by atoms with Gasteiger partial charge in [0.2, 0.25) is 0 Å². The fourth-order valence-corrected chi connectivity index (χ4v) is 7.57. The Bertz CT molecular complexity index is 1060. The van der Waals surface area contributed by atoms with Gasteiger partial charge in [-0.05, 0) is 83.8 Å². The van der Waals surface area contributed by atoms with Crippen LogP contribution in [0.15, 0.2) is 0 Å². The van der Waals surface area contributed by atoms with Gasteiger partial charge in [0.1, 0.15) is 39.6 Å². The van der Waals surface area contributed by atoms with Crippen molar-refractivity contribution in [3.8, 4) is 0 Å². The molecule has 0 saturated heterocycles. The van der Waals surface area contributed by atoms with Crippen molar-refractivity contribution >= 4 is 36.8 Å². The van der Waals surface area contributed by atoms with Crippen LogP contribution in [-0.2, 0) is 57.2 Å². The summed E-state index contributed by atoms with van der Waals surface area (Å²) in [6, 6.07) is 0. The quantitative estimate of drug-likeness (QED) is 0.0307. The summed E-state index contributed by atoms with van der Waals surface area (Å²) in [5, 5.41) is 9.26. The summed E-state index contributed by atoms with van der Waals surface area (Å²) >= 11 is 0. The molecule has 2 fully saturated rings. The molecule has 0 amide bonds. The van der Waals surface area contributed by atoms with Crippen molar-refractivity contribution in [3.05, 3.63) is 0 Å². The van der Waals surface area contributed by atoms with E-state index in [1.54, 1.807) is 0 Å². The monoisotopic (exact) mass is 826 g/mol. The van der Waals surface area contributed by atoms with Gasteiger partial charge in [-0.3, -0.25) is 28.8 Å². The van der Waals surface area contributed by atoms with Crippen LogP contribution in [0, 0.1) is 23.7 Å². The molecule has 14 heteroatoms. The zero-order valence-corrected chi connectivity index (χ0v) is 35.3. The van der Waals surface area contributed by atoms with Gasteiger partial charge >= 0.3 is 23.9 Å². The Labute approximate surface area is 347 Å². The summed E-state index contributed by atoms with van der Waals surface area (Å²) in [6.45, 7) is 3.98. The van der Waals surface area contributed by atoms with Gasteiger partial charge in [-0.15, -0.1) is 0 Å². The maximum absolute atomic E-state index is 12.7. The van der Waals surface area contributed by atoms with Crippen molar-refractivity contribution in [1.29, 1.82) is 0 Å². The highest BCUT2D eigenvalue weighted by Gasteiger charge is 2.27. The molecule has 14 nitrogen and oxygen atoms in total. The van der Waals surface area contributed by atoms with E-state index in [2.05, 4.69) is 4.90 Å². The molecule has 0 aromatic carbocycles. The van der Waals surface area contributed by atoms with Gasteiger partial charge in [-0.2, -0.15) is 0 Å². The summed E-state index contributed by atoms with van der Waals surface area (Å²) in [7, 11) is 0. The summed E-state index contributed by atoms with van der Waals surface area (Å²) < 4.78 is 31.5. The van der Waals surface area contributed by atoms with Crippen LogP contribution in [0.5, 0.6) is 0 Å². The van der Waals surface area contributed by atoms with Crippen molar-refractivity contribution in [3.63, 3.8) is 0 Å². The smallest absolute Gasteiger partial charge is 0.308 e. The van der Waals surface area contributed by atoms with E-state index < -0.39 is 5.92 Å². The molecule has 2 rings (SSSR count). The standard InChI is InChI=1S/C44H75NO13/c46-28-18-17-27-45(25-15-5-1-3-13-23-41(49)55-31-37(29-53-35-47)30-54-36-48)26-16-6-2-4-14-24-42(50)56-32-38(33-57-43(51)39-19-9-7-10-20-39)34-58-44(52)40-21-11-8-12-22-40/h35-40,46H,1-34H2. The van der Waals surface area contributed by atoms with Crippen LogP contribution < -0.4 is 0 Å². The molecule has 0 bridgehead atoms. The van der Waals surface area contributed by atoms with E-state index in [0.717, 1.165) is 161 Å². The second-order valence-electron chi connectivity index (χ2n) is 16.2. The third-order valence-corrected chi connectivity index (χ3v) is 11.2. The lowest BCUT2D eigenvalue weighted by molar-refractivity contribution is -0.158. The number of rotatable bonds is 36. The first-order valence-corrected chi connectivity index (χ1v) is 22.4. The third kappa shape index (κ3) is 26.0. The largest absolute Gasteiger partial charge is 0.467 e. The van der Waals surface area contributed by atoms with Gasteiger partial charge in [-0.25, -0.2) is 0 Å². The number of hydrogen-bond donors (Lipinski definition) is 1. The van der Waals surface area contributed by atoms with Crippen LogP contribution in [0.4, 0.5) is 0 Å². The highest BCUT2D eigenvalue weighted by molar-refractivity contribution is 5.73. The predicted octanol–water partition coefficient (Wildman–Crippen LogP) is 6.65. The molecule has 0 aromatic rings. The molecule has 0 radical (unpaired) electrons. The number of aliphatic hydroxyl groups excluding tert-OH is 1. The van der Waals surface area contributed by atoms with Gasteiger partial charge in [0.05, 0.1) is 23.7 Å². The van der Waals surface area contributed by atoms with E-state index in [-0.39, 0.29) is 87.9 Å². The second-order valence-corrected chi connectivity index (χ2v) is 16.2. The number of esters is 4. The molecule has 334 valence electrons. The zero-order valence-electron chi connectivity index (χ0n) is 35.3. The Hall–Kier alpha value is -3.26. The molecule has 0 spiro atoms. The SMILES string of the molecule is O=COCC(COC=O)COC(=O)CCCCCCCN(CCCCO)CCCCCCCC(=O)OCC(COC(=O)C1CCCCC1)COC(=O)C1CCCCC1. The highest BCUT2D eigenvalue weighted by atomic mass is 16.6. The first kappa shape index (κ1) is 50.9. The summed E-state index contributed by atoms with van der Waals surface area (Å²) in [5.41, 5.74) is 0. The predicted molar refractivity (Wildman–Crippen MR) is 216 cm³/mol. The minimum Gasteiger partial charge on any atom is -0.467 e. The topological polar surface area (TPSA) is 181 Å². The maximum Gasteiger partial charge on any atom is 0.308 e. The highest BCUT2D eigenvalue weighted by Crippen LogP contribution is 2.26. The lowest BCUT2D eigenvalue weighted by Gasteiger charge is -2.24. The molecule has 0 atom stereocenters. The van der Waals surface area contributed by atoms with E-state index in [1.807, 2.05) is 0 Å². The van der Waals surface area contributed by atoms with E-state index in [9.17, 15) is 33.9 Å². The van der Waals surface area contributed by atoms with Crippen molar-refractivity contribution in [2.75, 3.05) is 65.9 Å². The molecular weight excluding hydrogens is 750 g/mol. The Balaban J connectivity index is 1.59. The van der Waals surface area contributed by atoms with Crippen LogP contribution >= 0.6 is 0 Å². The Morgan fingerprint density at radius 1 is 0.483 bits per heavy atom. The van der Waals surface area contributed by atoms with Crippen LogP contribution in [0.1, 0.15) is 154 Å². The van der Waals surface area contributed by atoms with E-state index >= 15 is 0 Å². The van der Waals surface area contributed by atoms with Crippen molar-refractivity contribution in [2.24, 2.45) is 23.7 Å². The zero-order chi connectivity index (χ0) is 41.9. The Kier molecular flexibility index (Phi) is 30.3. The van der Waals surface area contributed by atoms with Crippen LogP contribution in [0.25, 0.3) is 0 Å². The van der Waals surface area contributed by atoms with Gasteiger partial charge in [-0.1, -0.05) is 77.0 Å². The van der Waals surface area contributed by atoms with Crippen LogP contribution in [0.2, 0.25) is 0 Å². The van der Waals surface area contributed by atoms with Gasteiger partial charge in [0.15, 0.2) is 0 Å². The number of ether oxygens (including phenoxy) is 6. The normalized spacial score (nSPS) is 15.0. The van der Waals surface area contributed by atoms with Crippen LogP contribution in [-0.4, -0.2) is 113 Å². The van der Waals surface area contributed by atoms with E-state index in [1.165, 1.54) is 0 Å². The van der Waals surface area contributed by atoms with Crippen molar-refractivity contribution < 1.29 is 62.3 Å². The average Bonchev–Trinajstić information content (AvgIpc) is 3.25. The minimum absolute atomic E-state index is 0.00773. The van der Waals surface area contributed by atoms with Crippen LogP contribution in [0.3, 0.4) is 0 Å². The van der Waals surface area contributed by atoms with E-state index in [4.69, 9.17) is 28.4 Å². The number of unbranched alkanes of at least 4 members (excludes halogenated alkanes) is 9. The first-order chi connectivity index (χ1) is 28.4. The lowest BCUT2D eigenvalue weighted by atomic mass is 9.89. The first-order valence-electron chi connectivity index (χ1n) is 22.4. The molecular formula is C44H75NO13. The number of hydrogen-bond acceptors (Lipinski definition) is 14. The van der Waals surface area contributed by atoms with Crippen molar-refractivity contribution in [2.45, 2.75) is 154 Å². The molecule has 1 N–H and O–H groups in total. The summed E-state index contributed by atoms with van der Waals surface area (Å²) in [4.78, 5) is 73.4. The number of carbonyl (C=O) groups is 6. The minimum atomic E-state index is -0.394. The molecule has 0 aromatic heterocycles. The summed E-state index contributed by atoms with van der Waals surface area (Å²) in [6.07, 6.45) is 21.8. The maximum atomic E-state index is 12.7. The van der Waals surface area contributed by atoms with Crippen molar-refractivity contribution in [1.82, 2.24) is 4.90 Å². The number of carbonyl (C=O) groups excluding carboxylic acids is 6. The molecule has 0 heterocycles. The lowest BCUT2D eigenvalue weighted by Crippen LogP contribution is -2.30. The molecule has 0 unspecified atom stereocenters. The Morgan fingerprint density at radius 3 is 1.26 bits per heavy atom. The fraction of sp³-hybridized carbons (Fsp3) is 0.864. The summed E-state index contributed by atoms with van der Waals surface area (Å²) in [5.74, 6) is -1.95. The number of aliphatic hydroxyl groups is 1. The fourth-order valence-electron chi connectivity index (χ4n) is 7.57. The second kappa shape index (κ2) is 34.6. The molecule has 2 aliphatic carbocycles. The molecule has 2 saturated carbocycles. The van der Waals surface area contributed by atoms with E-state index in [0.29, 0.717) is 25.8 Å². The van der Waals surface area contributed by atoms with Gasteiger partial charge < -0.3 is 38.4 Å². The number of nitrogens with zero attached hydrogens (tertiary/aromatic N) is 1. The van der Waals surface area contributed by atoms with Gasteiger partial charge in [0, 0.05) is 19.4 Å². The van der Waals surface area contributed by atoms with Gasteiger partial charge in [0.25, 0.3) is 12.9 Å². The molecule has 0 aliphatic heterocycles. The Morgan fingerprint density at radius 2 is 0.845 bits per heavy atom. The molecule has 58 heavy (non-hydrogen) atoms.